The van der Waals surface area contributed by atoms with Crippen molar-refractivity contribution in [3.63, 3.8) is 0 Å². The van der Waals surface area contributed by atoms with E-state index in [-0.39, 0.29) is 25.3 Å². The largest absolute Gasteiger partial charge is 0.469 e. The number of amides is 2. The Morgan fingerprint density at radius 2 is 1.50 bits per heavy atom. The molecule has 0 fully saturated rings. The van der Waals surface area contributed by atoms with Crippen LogP contribution in [0.15, 0.2) is 73.3 Å². The Bertz CT molecular complexity index is 986. The smallest absolute Gasteiger partial charge is 0.407 e. The zero-order valence-corrected chi connectivity index (χ0v) is 21.7. The van der Waals surface area contributed by atoms with Crippen molar-refractivity contribution in [3.8, 4) is 0 Å². The Morgan fingerprint density at radius 1 is 0.944 bits per heavy atom. The molecule has 0 aliphatic heterocycles. The number of alkyl carbamates (subject to hydrolysis) is 1. The maximum absolute atomic E-state index is 13.6. The Kier molecular flexibility index (Phi) is 11.2. The molecule has 2 amide bonds. The molecule has 2 aromatic rings. The number of nitrogens with zero attached hydrogens (tertiary/aromatic N) is 1. The lowest BCUT2D eigenvalue weighted by Crippen LogP contribution is -2.47. The first-order valence-electron chi connectivity index (χ1n) is 12.2. The molecule has 0 heterocycles. The first-order chi connectivity index (χ1) is 17.1. The van der Waals surface area contributed by atoms with Crippen molar-refractivity contribution < 1.29 is 23.9 Å². The molecule has 0 aliphatic carbocycles. The quantitative estimate of drug-likeness (QED) is 0.341. The number of hydrogen-bond donors (Lipinski definition) is 1. The lowest BCUT2D eigenvalue weighted by molar-refractivity contribution is -0.143. The first-order valence-corrected chi connectivity index (χ1v) is 12.2. The topological polar surface area (TPSA) is 84.9 Å². The van der Waals surface area contributed by atoms with Crippen molar-refractivity contribution in [3.05, 3.63) is 84.4 Å². The van der Waals surface area contributed by atoms with Gasteiger partial charge < -0.3 is 19.7 Å². The minimum atomic E-state index is -0.665. The molecule has 0 spiro atoms. The van der Waals surface area contributed by atoms with E-state index >= 15 is 0 Å². The van der Waals surface area contributed by atoms with Gasteiger partial charge >= 0.3 is 12.1 Å². The fraction of sp³-hybridized carbons (Fsp3) is 0.414. The summed E-state index contributed by atoms with van der Waals surface area (Å²) in [5.41, 5.74) is 1.32. The second kappa shape index (κ2) is 14.1. The molecule has 7 nitrogen and oxygen atoms in total. The molecule has 0 aliphatic rings. The summed E-state index contributed by atoms with van der Waals surface area (Å²) in [5, 5.41) is 2.86. The maximum atomic E-state index is 13.6. The molecule has 0 aromatic heterocycles. The van der Waals surface area contributed by atoms with Crippen LogP contribution in [0.25, 0.3) is 0 Å². The number of esters is 1. The highest BCUT2D eigenvalue weighted by atomic mass is 16.6. The van der Waals surface area contributed by atoms with E-state index in [1.165, 1.54) is 7.11 Å². The van der Waals surface area contributed by atoms with Crippen LogP contribution in [0.3, 0.4) is 0 Å². The number of rotatable bonds is 12. The highest BCUT2D eigenvalue weighted by Crippen LogP contribution is 2.17. The van der Waals surface area contributed by atoms with Crippen LogP contribution in [0.2, 0.25) is 0 Å². The van der Waals surface area contributed by atoms with Gasteiger partial charge in [-0.1, -0.05) is 66.7 Å². The van der Waals surface area contributed by atoms with Crippen LogP contribution in [0, 0.1) is 0 Å². The van der Waals surface area contributed by atoms with Gasteiger partial charge in [-0.25, -0.2) is 4.79 Å². The van der Waals surface area contributed by atoms with Gasteiger partial charge in [-0.15, -0.1) is 6.58 Å². The van der Waals surface area contributed by atoms with E-state index in [0.717, 1.165) is 11.1 Å². The van der Waals surface area contributed by atoms with Crippen LogP contribution in [0.5, 0.6) is 0 Å². The van der Waals surface area contributed by atoms with Crippen LogP contribution in [-0.4, -0.2) is 54.2 Å². The number of ether oxygens (including phenoxy) is 2. The minimum Gasteiger partial charge on any atom is -0.469 e. The summed E-state index contributed by atoms with van der Waals surface area (Å²) in [5.74, 6) is -0.595. The van der Waals surface area contributed by atoms with Crippen molar-refractivity contribution in [2.75, 3.05) is 13.7 Å². The number of carbonyl (C=O) groups is 3. The summed E-state index contributed by atoms with van der Waals surface area (Å²) >= 11 is 0. The summed E-state index contributed by atoms with van der Waals surface area (Å²) in [6.45, 7) is 9.43. The Balaban J connectivity index is 2.27. The third-order valence-corrected chi connectivity index (χ3v) is 5.50. The zero-order valence-electron chi connectivity index (χ0n) is 21.7. The van der Waals surface area contributed by atoms with Crippen LogP contribution >= 0.6 is 0 Å². The van der Waals surface area contributed by atoms with Gasteiger partial charge in [0.05, 0.1) is 13.5 Å². The summed E-state index contributed by atoms with van der Waals surface area (Å²) in [6.07, 6.45) is 2.08. The number of carbonyl (C=O) groups excluding carboxylic acids is 3. The molecular formula is C29H38N2O5. The molecular weight excluding hydrogens is 456 g/mol. The van der Waals surface area contributed by atoms with Crippen molar-refractivity contribution >= 4 is 18.0 Å². The molecule has 0 saturated heterocycles. The average Bonchev–Trinajstić information content (AvgIpc) is 2.82. The predicted octanol–water partition coefficient (Wildman–Crippen LogP) is 4.70. The Morgan fingerprint density at radius 3 is 2.00 bits per heavy atom. The summed E-state index contributed by atoms with van der Waals surface area (Å²) < 4.78 is 10.3. The normalized spacial score (nSPS) is 12.7. The van der Waals surface area contributed by atoms with Gasteiger partial charge in [-0.2, -0.15) is 0 Å². The standard InChI is InChI=1S/C29H38N2O5/c1-6-17-31(25(21-27(33)35-5)19-23-15-11-8-12-16-23)26(32)20-24(18-22-13-9-7-10-14-22)30-28(34)36-29(2,3)4/h6-16,24-25H,1,17-21H2,2-5H3,(H,30,34)/t24-,25-/m0/s1. The molecule has 36 heavy (non-hydrogen) atoms. The first kappa shape index (κ1) is 28.6. The fourth-order valence-corrected chi connectivity index (χ4v) is 3.92. The fourth-order valence-electron chi connectivity index (χ4n) is 3.92. The number of hydrogen-bond acceptors (Lipinski definition) is 5. The van der Waals surface area contributed by atoms with Crippen LogP contribution < -0.4 is 5.32 Å². The van der Waals surface area contributed by atoms with Gasteiger partial charge in [-0.05, 0) is 44.7 Å². The summed E-state index contributed by atoms with van der Waals surface area (Å²) in [7, 11) is 1.34. The molecule has 0 unspecified atom stereocenters. The SMILES string of the molecule is C=CCN(C(=O)C[C@H](Cc1ccccc1)NC(=O)OC(C)(C)C)[C@H](CC(=O)OC)Cc1ccccc1. The maximum Gasteiger partial charge on any atom is 0.407 e. The van der Waals surface area contributed by atoms with Crippen LogP contribution in [0.1, 0.15) is 44.7 Å². The molecule has 7 heteroatoms. The highest BCUT2D eigenvalue weighted by molar-refractivity contribution is 5.79. The predicted molar refractivity (Wildman–Crippen MR) is 140 cm³/mol. The van der Waals surface area contributed by atoms with E-state index in [2.05, 4.69) is 11.9 Å². The molecule has 0 radical (unpaired) electrons. The Labute approximate surface area is 214 Å². The molecule has 2 aromatic carbocycles. The Hall–Kier alpha value is -3.61. The van der Waals surface area contributed by atoms with Crippen molar-refractivity contribution in [1.29, 1.82) is 0 Å². The van der Waals surface area contributed by atoms with Crippen molar-refractivity contribution in [1.82, 2.24) is 10.2 Å². The van der Waals surface area contributed by atoms with E-state index in [1.807, 2.05) is 60.7 Å². The van der Waals surface area contributed by atoms with Crippen LogP contribution in [0.4, 0.5) is 4.79 Å². The monoisotopic (exact) mass is 494 g/mol. The molecule has 2 rings (SSSR count). The van der Waals surface area contributed by atoms with Crippen LogP contribution in [-0.2, 0) is 31.9 Å². The van der Waals surface area contributed by atoms with Gasteiger partial charge in [0.1, 0.15) is 5.60 Å². The third-order valence-electron chi connectivity index (χ3n) is 5.50. The van der Waals surface area contributed by atoms with Crippen molar-refractivity contribution in [2.45, 2.75) is 64.1 Å². The minimum absolute atomic E-state index is 0.0362. The van der Waals surface area contributed by atoms with Gasteiger partial charge in [0, 0.05) is 25.0 Å². The van der Waals surface area contributed by atoms with E-state index in [0.29, 0.717) is 12.8 Å². The van der Waals surface area contributed by atoms with Gasteiger partial charge in [0.25, 0.3) is 0 Å². The second-order valence-electron chi connectivity index (χ2n) is 9.70. The summed E-state index contributed by atoms with van der Waals surface area (Å²) in [6, 6.07) is 18.4. The highest BCUT2D eigenvalue weighted by Gasteiger charge is 2.29. The van der Waals surface area contributed by atoms with Crippen molar-refractivity contribution in [2.24, 2.45) is 0 Å². The molecule has 0 saturated carbocycles. The molecule has 1 N–H and O–H groups in total. The van der Waals surface area contributed by atoms with E-state index in [9.17, 15) is 14.4 Å². The second-order valence-corrected chi connectivity index (χ2v) is 9.70. The number of methoxy groups -OCH3 is 1. The van der Waals surface area contributed by atoms with E-state index in [4.69, 9.17) is 9.47 Å². The van der Waals surface area contributed by atoms with Gasteiger partial charge in [0.2, 0.25) is 5.91 Å². The third kappa shape index (κ3) is 10.3. The van der Waals surface area contributed by atoms with E-state index < -0.39 is 29.7 Å². The average molecular weight is 495 g/mol. The van der Waals surface area contributed by atoms with E-state index in [1.54, 1.807) is 31.7 Å². The number of nitrogens with one attached hydrogen (secondary N) is 1. The number of benzene rings is 2. The zero-order chi connectivity index (χ0) is 26.6. The molecule has 194 valence electrons. The lowest BCUT2D eigenvalue weighted by Gasteiger charge is -2.32. The summed E-state index contributed by atoms with van der Waals surface area (Å²) in [4.78, 5) is 40.1. The van der Waals surface area contributed by atoms with Gasteiger partial charge in [-0.3, -0.25) is 9.59 Å². The molecule has 0 bridgehead atoms. The molecule has 2 atom stereocenters. The lowest BCUT2D eigenvalue weighted by atomic mass is 9.99. The van der Waals surface area contributed by atoms with Gasteiger partial charge in [0.15, 0.2) is 0 Å².